The SMILES string of the molecule is CC#N.CC#N.F[P-](F)(F)(F)(F)F.F[P-](F)(F)(F)(F)F.F[P-](F)(F)(F)(F)F.F[P-](F)(F)(F)(F)F.c1ccc2c(c1)Cn1cc[n+](c1)C[n+]1ccn(c1)Cc1ccccc1Cn1cc[n+](c1)C[n+]1ccn(c1)C2. The van der Waals surface area contributed by atoms with Gasteiger partial charge < -0.3 is 0 Å². The normalized spacial score (nSPS) is 16.4. The zero-order valence-corrected chi connectivity index (χ0v) is 39.7. The van der Waals surface area contributed by atoms with Crippen LogP contribution in [0.2, 0.25) is 0 Å². The van der Waals surface area contributed by atoms with Gasteiger partial charge in [-0.15, -0.1) is 0 Å². The van der Waals surface area contributed by atoms with Crippen molar-refractivity contribution in [2.24, 2.45) is 0 Å². The van der Waals surface area contributed by atoms with E-state index in [1.54, 1.807) is 12.1 Å². The van der Waals surface area contributed by atoms with E-state index in [0.717, 1.165) is 39.5 Å². The summed E-state index contributed by atoms with van der Waals surface area (Å²) in [5, 5.41) is 14.6. The maximum atomic E-state index is 9.87. The summed E-state index contributed by atoms with van der Waals surface area (Å²) in [7, 11) is -42.6. The maximum Gasteiger partial charge on any atom is 0.247 e. The minimum Gasteiger partial charge on any atom is -0.233 e. The molecule has 0 N–H and O–H groups in total. The number of benzene rings is 2. The molecule has 412 valence electrons. The van der Waals surface area contributed by atoms with Gasteiger partial charge in [-0.3, -0.25) is 0 Å². The van der Waals surface area contributed by atoms with Crippen LogP contribution in [-0.2, 0) is 39.5 Å². The van der Waals surface area contributed by atoms with E-state index in [1.165, 1.54) is 36.1 Å². The molecule has 0 unspecified atom stereocenters. The number of nitrogens with zero attached hydrogens (tertiary/aromatic N) is 10. The van der Waals surface area contributed by atoms with Gasteiger partial charge in [0.05, 0.1) is 12.1 Å². The molecule has 0 fully saturated rings. The van der Waals surface area contributed by atoms with Gasteiger partial charge in [0.1, 0.15) is 75.8 Å². The van der Waals surface area contributed by atoms with Crippen molar-refractivity contribution in [3.8, 4) is 12.1 Å². The number of imidazole rings is 4. The number of halogens is 24. The molecule has 0 spiro atoms. The Kier molecular flexibility index (Phi) is 17.2. The van der Waals surface area contributed by atoms with E-state index in [0.29, 0.717) is 0 Å². The number of hydrogen-bond acceptors (Lipinski definition) is 2. The van der Waals surface area contributed by atoms with Crippen molar-refractivity contribution >= 4 is 31.2 Å². The number of fused-ring (bicyclic) bond motifs is 10. The molecule has 0 amide bonds. The van der Waals surface area contributed by atoms with Crippen molar-refractivity contribution in [2.75, 3.05) is 0 Å². The molecule has 6 aromatic rings. The van der Waals surface area contributed by atoms with E-state index in [1.807, 2.05) is 0 Å². The van der Waals surface area contributed by atoms with E-state index in [2.05, 4.69) is 160 Å². The third-order valence-electron chi connectivity index (χ3n) is 7.29. The molecule has 5 heterocycles. The minimum absolute atomic E-state index is 0.774. The third-order valence-corrected chi connectivity index (χ3v) is 7.29. The summed E-state index contributed by atoms with van der Waals surface area (Å²) in [5.41, 5.74) is 5.34. The second kappa shape index (κ2) is 19.3. The molecule has 0 aliphatic carbocycles. The zero-order valence-electron chi connectivity index (χ0n) is 36.1. The van der Waals surface area contributed by atoms with E-state index in [4.69, 9.17) is 10.5 Å². The van der Waals surface area contributed by atoms with Gasteiger partial charge in [0.15, 0.2) is 0 Å². The van der Waals surface area contributed by atoms with Crippen molar-refractivity contribution < 1.29 is 119 Å². The summed E-state index contributed by atoms with van der Waals surface area (Å²) in [6.45, 7) is 7.78. The first-order chi connectivity index (χ1) is 31.4. The Morgan fingerprint density at radius 1 is 0.347 bits per heavy atom. The average Bonchev–Trinajstić information content (AvgIpc) is 3.92. The molecular weight excluding hydrogens is 1130 g/mol. The summed E-state index contributed by atoms with van der Waals surface area (Å²) < 4.78 is 255. The first kappa shape index (κ1) is 64.3. The zero-order chi connectivity index (χ0) is 56.4. The molecule has 8 bridgehead atoms. The Balaban J connectivity index is 0.000000620. The summed E-state index contributed by atoms with van der Waals surface area (Å²) in [4.78, 5) is 0. The Bertz CT molecular complexity index is 2420. The minimum atomic E-state index is -10.7. The average molecular weight is 1170 g/mol. The van der Waals surface area contributed by atoms with Crippen molar-refractivity contribution in [2.45, 2.75) is 53.4 Å². The van der Waals surface area contributed by atoms with Crippen molar-refractivity contribution in [3.05, 3.63) is 146 Å². The Morgan fingerprint density at radius 2 is 0.486 bits per heavy atom. The van der Waals surface area contributed by atoms with Gasteiger partial charge in [0, 0.05) is 36.1 Å². The fraction of sp³-hybridized carbons (Fsp3) is 0.235. The van der Waals surface area contributed by atoms with Crippen LogP contribution in [0.5, 0.6) is 0 Å². The van der Waals surface area contributed by atoms with Crippen molar-refractivity contribution in [1.82, 2.24) is 18.3 Å². The molecule has 1 aliphatic rings. The Labute approximate surface area is 390 Å². The second-order valence-corrected chi connectivity index (χ2v) is 22.2. The van der Waals surface area contributed by atoms with Crippen LogP contribution in [-0.4, -0.2) is 18.3 Å². The first-order valence-electron chi connectivity index (χ1n) is 18.6. The predicted molar refractivity (Wildman–Crippen MR) is 215 cm³/mol. The van der Waals surface area contributed by atoms with Crippen LogP contribution in [0.25, 0.3) is 0 Å². The van der Waals surface area contributed by atoms with Gasteiger partial charge in [-0.2, -0.15) is 28.8 Å². The number of hydrogen-bond donors (Lipinski definition) is 0. The van der Waals surface area contributed by atoms with Crippen LogP contribution in [0.1, 0.15) is 36.1 Å². The predicted octanol–water partition coefficient (Wildman–Crippen LogP) is 16.2. The van der Waals surface area contributed by atoms with Gasteiger partial charge >= 0.3 is 132 Å². The van der Waals surface area contributed by atoms with Crippen molar-refractivity contribution in [1.29, 1.82) is 10.5 Å². The molecule has 7 rings (SSSR count). The molecule has 0 saturated carbocycles. The molecule has 4 aromatic heterocycles. The Hall–Kier alpha value is -5.70. The molecule has 1 aliphatic heterocycles. The van der Waals surface area contributed by atoms with Gasteiger partial charge in [-0.25, -0.2) is 18.3 Å². The largest absolute Gasteiger partial charge is 0.247 e. The van der Waals surface area contributed by atoms with Gasteiger partial charge in [0.2, 0.25) is 38.6 Å². The summed E-state index contributed by atoms with van der Waals surface area (Å²) >= 11 is 0. The van der Waals surface area contributed by atoms with Crippen LogP contribution in [0.3, 0.4) is 0 Å². The monoisotopic (exact) mass is 1170 g/mol. The van der Waals surface area contributed by atoms with Crippen LogP contribution in [0, 0.1) is 22.7 Å². The molecule has 0 saturated heterocycles. The van der Waals surface area contributed by atoms with Gasteiger partial charge in [-0.05, 0) is 0 Å². The second-order valence-electron chi connectivity index (χ2n) is 14.5. The van der Waals surface area contributed by atoms with Crippen LogP contribution in [0.4, 0.5) is 101 Å². The fourth-order valence-corrected chi connectivity index (χ4v) is 5.36. The summed E-state index contributed by atoms with van der Waals surface area (Å²) in [5.74, 6) is 0. The Morgan fingerprint density at radius 3 is 0.625 bits per heavy atom. The first-order valence-corrected chi connectivity index (χ1v) is 26.7. The number of rotatable bonds is 0. The number of aromatic nitrogens is 8. The molecule has 0 atom stereocenters. The molecule has 2 aromatic carbocycles. The molecule has 72 heavy (non-hydrogen) atoms. The van der Waals surface area contributed by atoms with Crippen LogP contribution < -0.4 is 18.3 Å². The topological polar surface area (TPSA) is 82.8 Å². The summed E-state index contributed by atoms with van der Waals surface area (Å²) in [6, 6.07) is 21.0. The quantitative estimate of drug-likeness (QED) is 0.0861. The third kappa shape index (κ3) is 44.3. The van der Waals surface area contributed by atoms with Crippen molar-refractivity contribution in [3.63, 3.8) is 0 Å². The molecular formula is C34H38F24N10P4. The smallest absolute Gasteiger partial charge is 0.233 e. The fourth-order valence-electron chi connectivity index (χ4n) is 5.36. The van der Waals surface area contributed by atoms with Gasteiger partial charge in [-0.1, -0.05) is 48.5 Å². The van der Waals surface area contributed by atoms with E-state index in [9.17, 15) is 101 Å². The van der Waals surface area contributed by atoms with E-state index in [-0.39, 0.29) is 0 Å². The standard InChI is InChI=1S/C30H32N8.2C2H3N.4F6P/c1-2-6-28-18-32-10-14-36(22-32)26-38-16-12-34(24-38)20-30-8-4-3-7-29(30)19-33-11-15-37(23-33)25-35-13-9-31(21-35)17-27(28)5-1;2*1-2-3;4*1-7(2,3,4,5)6/h1-16,21-24H,17-20,25-26H2;2*1H3;;;;/q+4;;;4*-1. The van der Waals surface area contributed by atoms with Crippen LogP contribution in [0.15, 0.2) is 123 Å². The van der Waals surface area contributed by atoms with E-state index < -0.39 is 31.2 Å². The van der Waals surface area contributed by atoms with E-state index >= 15 is 0 Å². The molecule has 0 radical (unpaired) electrons. The molecule has 10 nitrogen and oxygen atoms in total. The maximum absolute atomic E-state index is 10.7. The molecule has 38 heteroatoms. The number of nitriles is 2. The summed E-state index contributed by atoms with van der Waals surface area (Å²) in [6.07, 6.45) is 26.0. The van der Waals surface area contributed by atoms with Crippen LogP contribution >= 0.6 is 31.2 Å². The van der Waals surface area contributed by atoms with Gasteiger partial charge in [0.25, 0.3) is 0 Å².